The van der Waals surface area contributed by atoms with Crippen molar-refractivity contribution in [2.24, 2.45) is 5.73 Å². The van der Waals surface area contributed by atoms with E-state index in [1.54, 1.807) is 0 Å². The number of anilines is 1. The lowest BCUT2D eigenvalue weighted by atomic mass is 10.3. The normalized spacial score (nSPS) is 17.9. The first-order chi connectivity index (χ1) is 6.79. The van der Waals surface area contributed by atoms with E-state index in [0.717, 1.165) is 5.69 Å². The Labute approximate surface area is 83.9 Å². The number of nitrogens with two attached hydrogens (primary N) is 1. The highest BCUT2D eigenvalue weighted by atomic mass is 15.1. The Morgan fingerprint density at radius 3 is 3.07 bits per heavy atom. The average Bonchev–Trinajstić information content (AvgIpc) is 3.01. The van der Waals surface area contributed by atoms with E-state index in [4.69, 9.17) is 5.73 Å². The summed E-state index contributed by atoms with van der Waals surface area (Å²) < 4.78 is 0. The second-order valence-electron chi connectivity index (χ2n) is 3.86. The molecule has 76 valence electrons. The van der Waals surface area contributed by atoms with Crippen LogP contribution in [0.3, 0.4) is 0 Å². The smallest absolute Gasteiger partial charge is 0.223 e. The van der Waals surface area contributed by atoms with Crippen molar-refractivity contribution >= 4 is 5.95 Å². The first-order valence-corrected chi connectivity index (χ1v) is 5.09. The maximum Gasteiger partial charge on any atom is 0.223 e. The van der Waals surface area contributed by atoms with E-state index in [9.17, 15) is 0 Å². The standard InChI is InChI=1S/C10H16N4/c1-7(6-11)13-10-12-5-4-9(14-10)8-2-3-8/h4-5,7-8H,2-3,6,11H2,1H3,(H,12,13,14). The van der Waals surface area contributed by atoms with Gasteiger partial charge in [-0.05, 0) is 25.8 Å². The molecule has 0 amide bonds. The van der Waals surface area contributed by atoms with Gasteiger partial charge < -0.3 is 11.1 Å². The Morgan fingerprint density at radius 2 is 2.43 bits per heavy atom. The predicted molar refractivity (Wildman–Crippen MR) is 56.1 cm³/mol. The number of hydrogen-bond acceptors (Lipinski definition) is 4. The molecule has 1 aliphatic rings. The van der Waals surface area contributed by atoms with Gasteiger partial charge in [0.15, 0.2) is 0 Å². The van der Waals surface area contributed by atoms with Crippen molar-refractivity contribution in [3.05, 3.63) is 18.0 Å². The molecule has 1 aliphatic carbocycles. The maximum absolute atomic E-state index is 5.51. The monoisotopic (exact) mass is 192 g/mol. The summed E-state index contributed by atoms with van der Waals surface area (Å²) in [5.41, 5.74) is 6.67. The van der Waals surface area contributed by atoms with Gasteiger partial charge in [0.25, 0.3) is 0 Å². The lowest BCUT2D eigenvalue weighted by Crippen LogP contribution is -2.26. The molecule has 1 atom stereocenters. The van der Waals surface area contributed by atoms with Crippen LogP contribution < -0.4 is 11.1 Å². The molecule has 3 N–H and O–H groups in total. The molecule has 1 saturated carbocycles. The molecular formula is C10H16N4. The summed E-state index contributed by atoms with van der Waals surface area (Å²) >= 11 is 0. The molecule has 1 aromatic heterocycles. The number of nitrogens with one attached hydrogen (secondary N) is 1. The van der Waals surface area contributed by atoms with Crippen LogP contribution in [0, 0.1) is 0 Å². The Hall–Kier alpha value is -1.16. The van der Waals surface area contributed by atoms with Crippen molar-refractivity contribution in [1.29, 1.82) is 0 Å². The number of rotatable bonds is 4. The van der Waals surface area contributed by atoms with Crippen LogP contribution >= 0.6 is 0 Å². The van der Waals surface area contributed by atoms with Crippen molar-refractivity contribution in [1.82, 2.24) is 9.97 Å². The van der Waals surface area contributed by atoms with Crippen molar-refractivity contribution in [2.75, 3.05) is 11.9 Å². The fourth-order valence-corrected chi connectivity index (χ4v) is 1.33. The zero-order valence-corrected chi connectivity index (χ0v) is 8.40. The van der Waals surface area contributed by atoms with Gasteiger partial charge in [0.2, 0.25) is 5.95 Å². The zero-order chi connectivity index (χ0) is 9.97. The largest absolute Gasteiger partial charge is 0.350 e. The second kappa shape index (κ2) is 3.92. The topological polar surface area (TPSA) is 63.8 Å². The first kappa shape index (κ1) is 9.40. The Morgan fingerprint density at radius 1 is 1.64 bits per heavy atom. The van der Waals surface area contributed by atoms with E-state index in [0.29, 0.717) is 18.4 Å². The fourth-order valence-electron chi connectivity index (χ4n) is 1.33. The number of nitrogens with zero attached hydrogens (tertiary/aromatic N) is 2. The van der Waals surface area contributed by atoms with Crippen LogP contribution in [0.4, 0.5) is 5.95 Å². The average molecular weight is 192 g/mol. The third-order valence-electron chi connectivity index (χ3n) is 2.40. The van der Waals surface area contributed by atoms with Crippen molar-refractivity contribution < 1.29 is 0 Å². The molecule has 0 aromatic carbocycles. The number of aromatic nitrogens is 2. The van der Waals surface area contributed by atoms with Crippen LogP contribution in [0.5, 0.6) is 0 Å². The fraction of sp³-hybridized carbons (Fsp3) is 0.600. The minimum absolute atomic E-state index is 0.226. The lowest BCUT2D eigenvalue weighted by Gasteiger charge is -2.11. The van der Waals surface area contributed by atoms with E-state index in [1.807, 2.05) is 19.2 Å². The van der Waals surface area contributed by atoms with E-state index >= 15 is 0 Å². The SMILES string of the molecule is CC(CN)Nc1nccc(C2CC2)n1. The molecule has 1 fully saturated rings. The molecule has 14 heavy (non-hydrogen) atoms. The molecule has 4 nitrogen and oxygen atoms in total. The van der Waals surface area contributed by atoms with Gasteiger partial charge in [-0.2, -0.15) is 0 Å². The van der Waals surface area contributed by atoms with Crippen LogP contribution in [0.1, 0.15) is 31.4 Å². The highest BCUT2D eigenvalue weighted by Gasteiger charge is 2.25. The van der Waals surface area contributed by atoms with Crippen LogP contribution in [0.15, 0.2) is 12.3 Å². The highest BCUT2D eigenvalue weighted by Crippen LogP contribution is 2.38. The molecule has 2 rings (SSSR count). The summed E-state index contributed by atoms with van der Waals surface area (Å²) in [6, 6.07) is 2.22. The van der Waals surface area contributed by atoms with Crippen LogP contribution in [-0.4, -0.2) is 22.6 Å². The van der Waals surface area contributed by atoms with Gasteiger partial charge in [0.1, 0.15) is 0 Å². The van der Waals surface area contributed by atoms with E-state index < -0.39 is 0 Å². The lowest BCUT2D eigenvalue weighted by molar-refractivity contribution is 0.786. The molecule has 0 bridgehead atoms. The van der Waals surface area contributed by atoms with Gasteiger partial charge in [-0.1, -0.05) is 0 Å². The van der Waals surface area contributed by atoms with Gasteiger partial charge in [0, 0.05) is 30.4 Å². The predicted octanol–water partition coefficient (Wildman–Crippen LogP) is 1.11. The molecular weight excluding hydrogens is 176 g/mol. The van der Waals surface area contributed by atoms with Crippen molar-refractivity contribution in [3.8, 4) is 0 Å². The summed E-state index contributed by atoms with van der Waals surface area (Å²) in [7, 11) is 0. The third-order valence-corrected chi connectivity index (χ3v) is 2.40. The Bertz CT molecular complexity index is 309. The van der Waals surface area contributed by atoms with Crippen molar-refractivity contribution in [3.63, 3.8) is 0 Å². The second-order valence-corrected chi connectivity index (χ2v) is 3.86. The van der Waals surface area contributed by atoms with Crippen molar-refractivity contribution in [2.45, 2.75) is 31.7 Å². The highest BCUT2D eigenvalue weighted by molar-refractivity contribution is 5.28. The molecule has 0 saturated heterocycles. The van der Waals surface area contributed by atoms with Gasteiger partial charge in [-0.25, -0.2) is 9.97 Å². The van der Waals surface area contributed by atoms with E-state index in [2.05, 4.69) is 15.3 Å². The van der Waals surface area contributed by atoms with E-state index in [1.165, 1.54) is 12.8 Å². The van der Waals surface area contributed by atoms with Gasteiger partial charge in [-0.3, -0.25) is 0 Å². The van der Waals surface area contributed by atoms with E-state index in [-0.39, 0.29) is 6.04 Å². The first-order valence-electron chi connectivity index (χ1n) is 5.09. The third kappa shape index (κ3) is 2.20. The molecule has 4 heteroatoms. The quantitative estimate of drug-likeness (QED) is 0.750. The summed E-state index contributed by atoms with van der Waals surface area (Å²) in [5.74, 6) is 1.37. The molecule has 1 heterocycles. The minimum atomic E-state index is 0.226. The Balaban J connectivity index is 2.05. The molecule has 1 aromatic rings. The van der Waals surface area contributed by atoms with Gasteiger partial charge >= 0.3 is 0 Å². The molecule has 1 unspecified atom stereocenters. The van der Waals surface area contributed by atoms with Crippen LogP contribution in [0.2, 0.25) is 0 Å². The van der Waals surface area contributed by atoms with Crippen LogP contribution in [-0.2, 0) is 0 Å². The Kier molecular flexibility index (Phi) is 2.63. The molecule has 0 aliphatic heterocycles. The van der Waals surface area contributed by atoms with Gasteiger partial charge in [0.05, 0.1) is 0 Å². The molecule has 0 spiro atoms. The molecule has 0 radical (unpaired) electrons. The minimum Gasteiger partial charge on any atom is -0.350 e. The summed E-state index contributed by atoms with van der Waals surface area (Å²) in [5, 5.41) is 3.17. The summed E-state index contributed by atoms with van der Waals surface area (Å²) in [6.07, 6.45) is 4.35. The number of hydrogen-bond donors (Lipinski definition) is 2. The summed E-state index contributed by atoms with van der Waals surface area (Å²) in [6.45, 7) is 2.62. The maximum atomic E-state index is 5.51. The van der Waals surface area contributed by atoms with Gasteiger partial charge in [-0.15, -0.1) is 0 Å². The zero-order valence-electron chi connectivity index (χ0n) is 8.40. The van der Waals surface area contributed by atoms with Crippen LogP contribution in [0.25, 0.3) is 0 Å². The summed E-state index contributed by atoms with van der Waals surface area (Å²) in [4.78, 5) is 8.60.